The fourth-order valence-corrected chi connectivity index (χ4v) is 2.07. The van der Waals surface area contributed by atoms with Crippen LogP contribution in [-0.2, 0) is 9.53 Å². The second-order valence-corrected chi connectivity index (χ2v) is 5.87. The lowest BCUT2D eigenvalue weighted by atomic mass is 9.99. The number of hydrogen-bond donors (Lipinski definition) is 1. The van der Waals surface area contributed by atoms with E-state index >= 15 is 0 Å². The van der Waals surface area contributed by atoms with Crippen molar-refractivity contribution in [3.05, 3.63) is 17.5 Å². The number of rotatable bonds is 7. The largest absolute Gasteiger partial charge is 0.479 e. The van der Waals surface area contributed by atoms with Crippen LogP contribution < -0.4 is 15.4 Å². The highest BCUT2D eigenvalue weighted by atomic mass is 16.5. The highest BCUT2D eigenvalue weighted by Gasteiger charge is 2.18. The molecule has 0 radical (unpaired) electrons. The lowest BCUT2D eigenvalue weighted by Crippen LogP contribution is -2.21. The summed E-state index contributed by atoms with van der Waals surface area (Å²) in [7, 11) is 5.19. The van der Waals surface area contributed by atoms with Gasteiger partial charge in [0.2, 0.25) is 11.8 Å². The lowest BCUT2D eigenvalue weighted by molar-refractivity contribution is -0.138. The highest BCUT2D eigenvalue weighted by Crippen LogP contribution is 2.28. The van der Waals surface area contributed by atoms with Gasteiger partial charge in [-0.1, -0.05) is 27.7 Å². The number of ether oxygens (including phenoxy) is 2. The van der Waals surface area contributed by atoms with Crippen LogP contribution in [0.2, 0.25) is 0 Å². The Balaban J connectivity index is 0.00000326. The van der Waals surface area contributed by atoms with E-state index in [1.165, 1.54) is 7.11 Å². The molecule has 8 nitrogen and oxygen atoms in total. The van der Waals surface area contributed by atoms with E-state index < -0.39 is 5.97 Å². The highest BCUT2D eigenvalue weighted by molar-refractivity contribution is 6.08. The molecule has 0 atom stereocenters. The molecule has 152 valence electrons. The van der Waals surface area contributed by atoms with Gasteiger partial charge in [-0.05, 0) is 19.8 Å². The number of aromatic nitrogens is 2. The van der Waals surface area contributed by atoms with Crippen LogP contribution in [0.3, 0.4) is 0 Å². The minimum atomic E-state index is -0.556. The monoisotopic (exact) mass is 379 g/mol. The molecule has 0 bridgehead atoms. The Morgan fingerprint density at radius 1 is 1.33 bits per heavy atom. The predicted molar refractivity (Wildman–Crippen MR) is 110 cm³/mol. The van der Waals surface area contributed by atoms with Gasteiger partial charge in [0.1, 0.15) is 11.4 Å². The third-order valence-electron chi connectivity index (χ3n) is 3.39. The first-order chi connectivity index (χ1) is 12.7. The van der Waals surface area contributed by atoms with Gasteiger partial charge >= 0.3 is 5.97 Å². The summed E-state index contributed by atoms with van der Waals surface area (Å²) >= 11 is 0. The molecule has 1 heterocycles. The van der Waals surface area contributed by atoms with Crippen molar-refractivity contribution in [1.82, 2.24) is 9.97 Å². The van der Waals surface area contributed by atoms with Crippen LogP contribution in [0.25, 0.3) is 0 Å². The van der Waals surface area contributed by atoms with Gasteiger partial charge in [0.15, 0.2) is 0 Å². The molecule has 0 fully saturated rings. The third kappa shape index (κ3) is 6.88. The van der Waals surface area contributed by atoms with E-state index in [-0.39, 0.29) is 18.2 Å². The van der Waals surface area contributed by atoms with E-state index in [1.807, 2.05) is 41.8 Å². The molecule has 27 heavy (non-hydrogen) atoms. The summed E-state index contributed by atoms with van der Waals surface area (Å²) in [5.74, 6) is 0.324. The number of esters is 1. The standard InChI is InChI=1S/C17H27N5O3.C2H6/c1-8-25-16(23)13(18)11(4)14(10(2)3)20-12-9-19-17(22(5)6)21-15(12)24-7;1-2/h9-10H,8,18H2,1-7H3;1-2H3/b13-11-,20-14?;. The number of carbonyl (C=O) groups is 1. The Kier molecular flexibility index (Phi) is 10.7. The van der Waals surface area contributed by atoms with Crippen molar-refractivity contribution >= 4 is 23.3 Å². The summed E-state index contributed by atoms with van der Waals surface area (Å²) in [6.07, 6.45) is 1.58. The fourth-order valence-electron chi connectivity index (χ4n) is 2.07. The number of methoxy groups -OCH3 is 1. The predicted octanol–water partition coefficient (Wildman–Crippen LogP) is 3.10. The minimum Gasteiger partial charge on any atom is -0.479 e. The van der Waals surface area contributed by atoms with Crippen molar-refractivity contribution in [3.8, 4) is 5.88 Å². The van der Waals surface area contributed by atoms with Crippen LogP contribution in [0.15, 0.2) is 22.5 Å². The van der Waals surface area contributed by atoms with Gasteiger partial charge in [-0.15, -0.1) is 0 Å². The maximum atomic E-state index is 11.9. The van der Waals surface area contributed by atoms with E-state index in [2.05, 4.69) is 15.0 Å². The van der Waals surface area contributed by atoms with Crippen LogP contribution in [0, 0.1) is 5.92 Å². The molecule has 0 aromatic carbocycles. The summed E-state index contributed by atoms with van der Waals surface area (Å²) < 4.78 is 10.3. The van der Waals surface area contributed by atoms with Crippen molar-refractivity contribution in [2.45, 2.75) is 41.5 Å². The van der Waals surface area contributed by atoms with Gasteiger partial charge in [0.25, 0.3) is 0 Å². The van der Waals surface area contributed by atoms with Crippen molar-refractivity contribution in [2.75, 3.05) is 32.7 Å². The van der Waals surface area contributed by atoms with Crippen LogP contribution in [-0.4, -0.2) is 49.5 Å². The summed E-state index contributed by atoms with van der Waals surface area (Å²) in [5, 5.41) is 0. The normalized spacial score (nSPS) is 12.0. The summed E-state index contributed by atoms with van der Waals surface area (Å²) in [6, 6.07) is 0. The number of carbonyl (C=O) groups excluding carboxylic acids is 1. The van der Waals surface area contributed by atoms with Crippen molar-refractivity contribution in [3.63, 3.8) is 0 Å². The van der Waals surface area contributed by atoms with Gasteiger partial charge in [-0.3, -0.25) is 0 Å². The number of nitrogens with zero attached hydrogens (tertiary/aromatic N) is 4. The van der Waals surface area contributed by atoms with Gasteiger partial charge in [0.05, 0.1) is 19.9 Å². The Hall–Kier alpha value is -2.64. The molecule has 8 heteroatoms. The molecule has 1 rings (SSSR count). The van der Waals surface area contributed by atoms with E-state index in [0.29, 0.717) is 28.8 Å². The lowest BCUT2D eigenvalue weighted by Gasteiger charge is -2.15. The quantitative estimate of drug-likeness (QED) is 0.441. The fraction of sp³-hybridized carbons (Fsp3) is 0.579. The molecular weight excluding hydrogens is 346 g/mol. The molecule has 0 unspecified atom stereocenters. The molecule has 1 aromatic heterocycles. The van der Waals surface area contributed by atoms with E-state index in [9.17, 15) is 4.79 Å². The second-order valence-electron chi connectivity index (χ2n) is 5.87. The molecule has 0 aliphatic heterocycles. The van der Waals surface area contributed by atoms with Gasteiger partial charge in [-0.2, -0.15) is 4.98 Å². The molecule has 0 saturated carbocycles. The second kappa shape index (κ2) is 11.9. The Morgan fingerprint density at radius 3 is 2.37 bits per heavy atom. The molecule has 0 aliphatic rings. The Morgan fingerprint density at radius 2 is 1.93 bits per heavy atom. The first kappa shape index (κ1) is 24.4. The molecule has 0 saturated heterocycles. The summed E-state index contributed by atoms with van der Waals surface area (Å²) in [6.45, 7) is 11.7. The van der Waals surface area contributed by atoms with Gasteiger partial charge in [0, 0.05) is 25.4 Å². The molecule has 2 N–H and O–H groups in total. The van der Waals surface area contributed by atoms with Crippen molar-refractivity contribution in [1.29, 1.82) is 0 Å². The van der Waals surface area contributed by atoms with Gasteiger partial charge in [-0.25, -0.2) is 14.8 Å². The number of anilines is 1. The van der Waals surface area contributed by atoms with Crippen molar-refractivity contribution in [2.24, 2.45) is 16.6 Å². The number of aliphatic imine (C=N–C) groups is 1. The maximum absolute atomic E-state index is 11.9. The number of hydrogen-bond acceptors (Lipinski definition) is 8. The van der Waals surface area contributed by atoms with Gasteiger partial charge < -0.3 is 20.1 Å². The van der Waals surface area contributed by atoms with Crippen LogP contribution in [0.4, 0.5) is 11.6 Å². The molecule has 1 aromatic rings. The smallest absolute Gasteiger partial charge is 0.354 e. The SMILES string of the molecule is CC.CCOC(=O)/C(N)=C(\C)C(=Nc1cnc(N(C)C)nc1OC)C(C)C. The molecular formula is C19H33N5O3. The Bertz CT molecular complexity index is 682. The van der Waals surface area contributed by atoms with E-state index in [4.69, 9.17) is 15.2 Å². The van der Waals surface area contributed by atoms with E-state index in [1.54, 1.807) is 24.9 Å². The molecule has 0 aliphatic carbocycles. The first-order valence-electron chi connectivity index (χ1n) is 9.03. The van der Waals surface area contributed by atoms with Crippen LogP contribution in [0.1, 0.15) is 41.5 Å². The average Bonchev–Trinajstić information content (AvgIpc) is 2.66. The summed E-state index contributed by atoms with van der Waals surface area (Å²) in [5.41, 5.74) is 7.64. The number of nitrogens with two attached hydrogens (primary N) is 1. The zero-order valence-electron chi connectivity index (χ0n) is 18.0. The minimum absolute atomic E-state index is 0.0196. The number of allylic oxidation sites excluding steroid dienone is 1. The molecule has 0 spiro atoms. The molecule has 0 amide bonds. The van der Waals surface area contributed by atoms with Crippen molar-refractivity contribution < 1.29 is 14.3 Å². The van der Waals surface area contributed by atoms with Crippen LogP contribution in [0.5, 0.6) is 5.88 Å². The Labute approximate surface area is 162 Å². The average molecular weight is 380 g/mol. The van der Waals surface area contributed by atoms with E-state index in [0.717, 1.165) is 0 Å². The topological polar surface area (TPSA) is 103 Å². The van der Waals surface area contributed by atoms with Crippen LogP contribution >= 0.6 is 0 Å². The third-order valence-corrected chi connectivity index (χ3v) is 3.39. The summed E-state index contributed by atoms with van der Waals surface area (Å²) in [4.78, 5) is 26.8. The zero-order valence-corrected chi connectivity index (χ0v) is 18.0. The first-order valence-corrected chi connectivity index (χ1v) is 9.03. The zero-order chi connectivity index (χ0) is 21.1. The maximum Gasteiger partial charge on any atom is 0.354 e.